The molecule has 0 fully saturated rings. The van der Waals surface area contributed by atoms with Crippen molar-refractivity contribution in [1.82, 2.24) is 9.97 Å². The van der Waals surface area contributed by atoms with Crippen LogP contribution in [0.25, 0.3) is 0 Å². The lowest BCUT2D eigenvalue weighted by molar-refractivity contribution is -0.144. The number of ether oxygens (including phenoxy) is 1. The largest absolute Gasteiger partial charge is 0.477 e. The van der Waals surface area contributed by atoms with E-state index in [2.05, 4.69) is 15.3 Å². The Balaban J connectivity index is 2.93. The lowest BCUT2D eigenvalue weighted by Crippen LogP contribution is -2.18. The van der Waals surface area contributed by atoms with E-state index in [-0.39, 0.29) is 19.0 Å². The van der Waals surface area contributed by atoms with E-state index >= 15 is 0 Å². The predicted molar refractivity (Wildman–Crippen MR) is 59.0 cm³/mol. The first-order chi connectivity index (χ1) is 8.86. The van der Waals surface area contributed by atoms with E-state index < -0.39 is 23.5 Å². The van der Waals surface area contributed by atoms with Crippen LogP contribution in [-0.4, -0.2) is 40.8 Å². The topological polar surface area (TPSA) is 84.3 Å². The van der Waals surface area contributed by atoms with Crippen LogP contribution in [0.4, 0.5) is 19.0 Å². The van der Waals surface area contributed by atoms with Crippen LogP contribution in [0.2, 0.25) is 0 Å². The van der Waals surface area contributed by atoms with Crippen molar-refractivity contribution < 1.29 is 27.8 Å². The van der Waals surface area contributed by atoms with Gasteiger partial charge in [-0.2, -0.15) is 13.2 Å². The third-order valence-corrected chi connectivity index (χ3v) is 2.02. The summed E-state index contributed by atoms with van der Waals surface area (Å²) in [6.07, 6.45) is -4.10. The first kappa shape index (κ1) is 15.2. The molecular weight excluding hydrogens is 267 g/mol. The molecule has 9 heteroatoms. The molecule has 0 atom stereocenters. The van der Waals surface area contributed by atoms with Gasteiger partial charge in [0.25, 0.3) is 0 Å². The minimum absolute atomic E-state index is 0.141. The second-order valence-corrected chi connectivity index (χ2v) is 3.38. The number of carboxylic acid groups (broad SMARTS) is 1. The van der Waals surface area contributed by atoms with Crippen LogP contribution in [0.15, 0.2) is 6.20 Å². The Kier molecular flexibility index (Phi) is 5.04. The van der Waals surface area contributed by atoms with Gasteiger partial charge in [-0.3, -0.25) is 0 Å². The van der Waals surface area contributed by atoms with Crippen LogP contribution in [-0.2, 0) is 10.9 Å². The van der Waals surface area contributed by atoms with Crippen LogP contribution in [0.5, 0.6) is 0 Å². The summed E-state index contributed by atoms with van der Waals surface area (Å²) < 4.78 is 42.2. The molecule has 0 bridgehead atoms. The SMILES string of the molecule is CCOCCNc1nc(C(F)(F)F)ncc1C(=O)O. The van der Waals surface area contributed by atoms with Crippen molar-refractivity contribution in [3.05, 3.63) is 17.6 Å². The zero-order valence-electron chi connectivity index (χ0n) is 9.99. The standard InChI is InChI=1S/C10H12F3N3O3/c1-2-19-4-3-14-7-6(8(17)18)5-15-9(16-7)10(11,12)13/h5H,2-4H2,1H3,(H,17,18)(H,14,15,16). The summed E-state index contributed by atoms with van der Waals surface area (Å²) in [5.74, 6) is -3.18. The number of anilines is 1. The summed E-state index contributed by atoms with van der Waals surface area (Å²) in [4.78, 5) is 17.0. The third-order valence-electron chi connectivity index (χ3n) is 2.02. The van der Waals surface area contributed by atoms with Gasteiger partial charge in [0, 0.05) is 19.3 Å². The molecule has 1 rings (SSSR count). The van der Waals surface area contributed by atoms with Gasteiger partial charge in [-0.25, -0.2) is 14.8 Å². The van der Waals surface area contributed by atoms with Crippen LogP contribution in [0.3, 0.4) is 0 Å². The maximum atomic E-state index is 12.4. The zero-order valence-corrected chi connectivity index (χ0v) is 9.99. The fourth-order valence-corrected chi connectivity index (χ4v) is 1.20. The Morgan fingerprint density at radius 1 is 1.53 bits per heavy atom. The van der Waals surface area contributed by atoms with Crippen molar-refractivity contribution in [3.8, 4) is 0 Å². The van der Waals surface area contributed by atoms with Gasteiger partial charge in [-0.15, -0.1) is 0 Å². The highest BCUT2D eigenvalue weighted by molar-refractivity contribution is 5.92. The first-order valence-corrected chi connectivity index (χ1v) is 5.35. The van der Waals surface area contributed by atoms with Gasteiger partial charge < -0.3 is 15.2 Å². The van der Waals surface area contributed by atoms with Gasteiger partial charge in [-0.1, -0.05) is 0 Å². The average molecular weight is 279 g/mol. The number of rotatable bonds is 6. The molecule has 1 aromatic heterocycles. The number of nitrogens with one attached hydrogen (secondary N) is 1. The van der Waals surface area contributed by atoms with Crippen molar-refractivity contribution in [2.24, 2.45) is 0 Å². The normalized spacial score (nSPS) is 11.4. The minimum atomic E-state index is -4.73. The maximum absolute atomic E-state index is 12.4. The third kappa shape index (κ3) is 4.36. The van der Waals surface area contributed by atoms with Gasteiger partial charge in [0.05, 0.1) is 6.61 Å². The highest BCUT2D eigenvalue weighted by Crippen LogP contribution is 2.27. The Hall–Kier alpha value is -1.90. The van der Waals surface area contributed by atoms with Gasteiger partial charge in [-0.05, 0) is 6.92 Å². The van der Waals surface area contributed by atoms with Gasteiger partial charge in [0.2, 0.25) is 5.82 Å². The number of aromatic nitrogens is 2. The van der Waals surface area contributed by atoms with Crippen LogP contribution >= 0.6 is 0 Å². The number of halogens is 3. The average Bonchev–Trinajstić information content (AvgIpc) is 2.33. The number of aromatic carboxylic acids is 1. The van der Waals surface area contributed by atoms with E-state index in [0.717, 1.165) is 0 Å². The number of nitrogens with zero attached hydrogens (tertiary/aromatic N) is 2. The molecule has 0 spiro atoms. The maximum Gasteiger partial charge on any atom is 0.451 e. The Morgan fingerprint density at radius 2 is 2.21 bits per heavy atom. The van der Waals surface area contributed by atoms with Crippen LogP contribution < -0.4 is 5.32 Å². The Bertz CT molecular complexity index is 451. The second-order valence-electron chi connectivity index (χ2n) is 3.38. The fourth-order valence-electron chi connectivity index (χ4n) is 1.20. The first-order valence-electron chi connectivity index (χ1n) is 5.35. The summed E-state index contributed by atoms with van der Waals surface area (Å²) in [7, 11) is 0. The van der Waals surface area contributed by atoms with Crippen molar-refractivity contribution in [2.45, 2.75) is 13.1 Å². The molecule has 6 nitrogen and oxygen atoms in total. The highest BCUT2D eigenvalue weighted by atomic mass is 19.4. The number of hydrogen-bond acceptors (Lipinski definition) is 5. The number of carboxylic acids is 1. The molecule has 0 radical (unpaired) electrons. The molecule has 0 aromatic carbocycles. The highest BCUT2D eigenvalue weighted by Gasteiger charge is 2.35. The van der Waals surface area contributed by atoms with Crippen molar-refractivity contribution in [3.63, 3.8) is 0 Å². The summed E-state index contributed by atoms with van der Waals surface area (Å²) in [5.41, 5.74) is -0.426. The summed E-state index contributed by atoms with van der Waals surface area (Å²) in [6.45, 7) is 2.57. The summed E-state index contributed by atoms with van der Waals surface area (Å²) >= 11 is 0. The van der Waals surface area contributed by atoms with E-state index in [0.29, 0.717) is 12.8 Å². The molecule has 2 N–H and O–H groups in total. The monoisotopic (exact) mass is 279 g/mol. The van der Waals surface area contributed by atoms with Crippen molar-refractivity contribution in [1.29, 1.82) is 0 Å². The zero-order chi connectivity index (χ0) is 14.5. The smallest absolute Gasteiger partial charge is 0.451 e. The van der Waals surface area contributed by atoms with Gasteiger partial charge in [0.1, 0.15) is 11.4 Å². The lowest BCUT2D eigenvalue weighted by atomic mass is 10.3. The van der Waals surface area contributed by atoms with E-state index in [1.807, 2.05) is 0 Å². The predicted octanol–water partition coefficient (Wildman–Crippen LogP) is 1.64. The molecule has 0 aliphatic heterocycles. The Labute approximate surface area is 106 Å². The van der Waals surface area contributed by atoms with Gasteiger partial charge in [0.15, 0.2) is 0 Å². The van der Waals surface area contributed by atoms with E-state index in [1.54, 1.807) is 6.92 Å². The number of hydrogen-bond donors (Lipinski definition) is 2. The summed E-state index contributed by atoms with van der Waals surface area (Å²) in [5, 5.41) is 11.3. The molecule has 0 unspecified atom stereocenters. The molecule has 1 aromatic rings. The molecule has 106 valence electrons. The lowest BCUT2D eigenvalue weighted by Gasteiger charge is -2.11. The molecule has 0 saturated heterocycles. The molecule has 0 saturated carbocycles. The van der Waals surface area contributed by atoms with Crippen molar-refractivity contribution >= 4 is 11.8 Å². The minimum Gasteiger partial charge on any atom is -0.477 e. The number of alkyl halides is 3. The molecule has 1 heterocycles. The number of carbonyl (C=O) groups is 1. The molecule has 0 amide bonds. The van der Waals surface area contributed by atoms with Crippen LogP contribution in [0, 0.1) is 0 Å². The van der Waals surface area contributed by atoms with Crippen molar-refractivity contribution in [2.75, 3.05) is 25.1 Å². The molecule has 0 aliphatic carbocycles. The molecule has 0 aliphatic rings. The van der Waals surface area contributed by atoms with E-state index in [9.17, 15) is 18.0 Å². The second kappa shape index (κ2) is 6.32. The molecular formula is C10H12F3N3O3. The summed E-state index contributed by atoms with van der Waals surface area (Å²) in [6, 6.07) is 0. The van der Waals surface area contributed by atoms with Crippen LogP contribution in [0.1, 0.15) is 23.1 Å². The van der Waals surface area contributed by atoms with E-state index in [1.165, 1.54) is 0 Å². The van der Waals surface area contributed by atoms with E-state index in [4.69, 9.17) is 9.84 Å². The molecule has 19 heavy (non-hydrogen) atoms. The fraction of sp³-hybridized carbons (Fsp3) is 0.500. The van der Waals surface area contributed by atoms with Gasteiger partial charge >= 0.3 is 12.1 Å². The quantitative estimate of drug-likeness (QED) is 0.770. The Morgan fingerprint density at radius 3 is 2.74 bits per heavy atom.